The summed E-state index contributed by atoms with van der Waals surface area (Å²) in [4.78, 5) is 13.5. The Balaban J connectivity index is 1.69. The normalized spacial score (nSPS) is 19.1. The fourth-order valence-corrected chi connectivity index (χ4v) is 11.1. The third kappa shape index (κ3) is 5.33. The molecule has 1 aliphatic rings. The first-order valence-electron chi connectivity index (χ1n) is 13.1. The van der Waals surface area contributed by atoms with E-state index in [-0.39, 0.29) is 11.3 Å². The molecule has 4 heteroatoms. The molecule has 192 valence electrons. The van der Waals surface area contributed by atoms with Crippen LogP contribution < -0.4 is 5.30 Å². The van der Waals surface area contributed by atoms with E-state index >= 15 is 0 Å². The number of Topliss-reactive ketones (excluding diaryl/α,β-unsaturated/α-hetero) is 1. The number of carbonyl (C=O) groups excluding carboxylic acids is 1. The Morgan fingerprint density at radius 3 is 1.36 bits per heavy atom. The van der Waals surface area contributed by atoms with Gasteiger partial charge in [0.1, 0.15) is 5.78 Å². The van der Waals surface area contributed by atoms with Crippen molar-refractivity contribution < 1.29 is 4.79 Å². The van der Waals surface area contributed by atoms with Crippen molar-refractivity contribution in [2.45, 2.75) is 24.2 Å². The highest BCUT2D eigenvalue weighted by molar-refractivity contribution is 9.10. The minimum atomic E-state index is -0.875. The van der Waals surface area contributed by atoms with Gasteiger partial charge in [-0.3, -0.25) is 4.79 Å². The van der Waals surface area contributed by atoms with E-state index in [1.165, 1.54) is 38.7 Å². The van der Waals surface area contributed by atoms with Crippen LogP contribution in [-0.4, -0.2) is 5.78 Å². The third-order valence-electron chi connectivity index (χ3n) is 7.51. The van der Waals surface area contributed by atoms with Gasteiger partial charge in [0, 0.05) is 33.1 Å². The van der Waals surface area contributed by atoms with Crippen LogP contribution in [0.4, 0.5) is 0 Å². The molecule has 2 atom stereocenters. The molecule has 0 amide bonds. The van der Waals surface area contributed by atoms with Crippen molar-refractivity contribution in [3.63, 3.8) is 0 Å². The fraction of sp³-hybridized carbons (Fsp3) is 0.114. The number of hydrogen-bond acceptors (Lipinski definition) is 1. The highest BCUT2D eigenvalue weighted by atomic mass is 79.9. The first-order valence-corrected chi connectivity index (χ1v) is 16.2. The summed E-state index contributed by atoms with van der Waals surface area (Å²) in [6.07, 6.45) is 1.10. The Labute approximate surface area is 248 Å². The molecule has 1 aliphatic heterocycles. The van der Waals surface area contributed by atoms with Crippen LogP contribution in [0.15, 0.2) is 136 Å². The van der Waals surface area contributed by atoms with Gasteiger partial charge in [0.2, 0.25) is 0 Å². The molecule has 0 spiro atoms. The molecular formula is C35H27Br2OP. The number of carbonyl (C=O) groups is 1. The second-order valence-corrected chi connectivity index (χ2v) is 14.1. The van der Waals surface area contributed by atoms with Crippen LogP contribution in [0.25, 0.3) is 22.3 Å². The van der Waals surface area contributed by atoms with Crippen LogP contribution in [-0.2, 0) is 4.79 Å². The van der Waals surface area contributed by atoms with Gasteiger partial charge in [-0.05, 0) is 50.8 Å². The van der Waals surface area contributed by atoms with E-state index in [4.69, 9.17) is 0 Å². The van der Waals surface area contributed by atoms with Crippen LogP contribution in [0.5, 0.6) is 0 Å². The van der Waals surface area contributed by atoms with Gasteiger partial charge in [-0.2, -0.15) is 0 Å². The molecule has 1 saturated heterocycles. The summed E-state index contributed by atoms with van der Waals surface area (Å²) in [5.41, 5.74) is 7.54. The van der Waals surface area contributed by atoms with Gasteiger partial charge in [-0.15, -0.1) is 0 Å². The molecule has 0 aromatic heterocycles. The van der Waals surface area contributed by atoms with Crippen molar-refractivity contribution >= 4 is 50.9 Å². The molecular weight excluding hydrogens is 627 g/mol. The van der Waals surface area contributed by atoms with Crippen LogP contribution >= 0.6 is 39.8 Å². The lowest BCUT2D eigenvalue weighted by Gasteiger charge is -2.41. The monoisotopic (exact) mass is 652 g/mol. The Kier molecular flexibility index (Phi) is 7.93. The molecule has 5 aromatic rings. The van der Waals surface area contributed by atoms with Crippen molar-refractivity contribution in [2.24, 2.45) is 0 Å². The highest BCUT2D eigenvalue weighted by Crippen LogP contribution is 2.69. The predicted molar refractivity (Wildman–Crippen MR) is 172 cm³/mol. The SMILES string of the molecule is O=C1CC(c2ccccc2Br)P(c2c(-c3ccccc3)cccc2-c2ccccc2)C(c2ccccc2Br)C1. The lowest BCUT2D eigenvalue weighted by Crippen LogP contribution is -2.26. The molecule has 39 heavy (non-hydrogen) atoms. The zero-order chi connectivity index (χ0) is 26.8. The van der Waals surface area contributed by atoms with E-state index in [1.807, 2.05) is 0 Å². The standard InChI is InChI=1S/C35H27Br2OP/c36-31-20-9-7-16-29(31)33-22-26(38)23-34(30-17-8-10-21-32(30)37)39(33)35-27(24-12-3-1-4-13-24)18-11-19-28(35)25-14-5-2-6-15-25/h1-21,33-34H,22-23H2. The highest BCUT2D eigenvalue weighted by Gasteiger charge is 2.42. The van der Waals surface area contributed by atoms with Crippen LogP contribution in [0.2, 0.25) is 0 Å². The molecule has 0 aliphatic carbocycles. The quantitative estimate of drug-likeness (QED) is 0.173. The van der Waals surface area contributed by atoms with E-state index in [9.17, 15) is 4.79 Å². The van der Waals surface area contributed by atoms with Gasteiger partial charge in [-0.1, -0.05) is 155 Å². The summed E-state index contributed by atoms with van der Waals surface area (Å²) >= 11 is 7.72. The maximum atomic E-state index is 13.5. The summed E-state index contributed by atoms with van der Waals surface area (Å²) in [5.74, 6) is 0.328. The Morgan fingerprint density at radius 2 is 0.923 bits per heavy atom. The van der Waals surface area contributed by atoms with Crippen molar-refractivity contribution in [1.29, 1.82) is 0 Å². The number of benzene rings is 5. The molecule has 1 heterocycles. The first kappa shape index (κ1) is 26.4. The largest absolute Gasteiger partial charge is 0.300 e. The van der Waals surface area contributed by atoms with Gasteiger partial charge in [-0.25, -0.2) is 0 Å². The molecule has 5 aromatic carbocycles. The summed E-state index contributed by atoms with van der Waals surface area (Å²) in [6.45, 7) is 0. The third-order valence-corrected chi connectivity index (χ3v) is 12.2. The van der Waals surface area contributed by atoms with E-state index in [0.29, 0.717) is 18.6 Å². The number of rotatable bonds is 5. The first-order chi connectivity index (χ1) is 19.1. The van der Waals surface area contributed by atoms with Crippen molar-refractivity contribution in [2.75, 3.05) is 0 Å². The van der Waals surface area contributed by atoms with E-state index in [0.717, 1.165) is 8.95 Å². The van der Waals surface area contributed by atoms with Gasteiger partial charge in [0.25, 0.3) is 0 Å². The van der Waals surface area contributed by atoms with Crippen LogP contribution in [0.1, 0.15) is 35.3 Å². The van der Waals surface area contributed by atoms with Gasteiger partial charge < -0.3 is 0 Å². The Hall–Kier alpha value is -2.84. The minimum Gasteiger partial charge on any atom is -0.300 e. The number of hydrogen-bond donors (Lipinski definition) is 0. The maximum Gasteiger partial charge on any atom is 0.134 e. The zero-order valence-electron chi connectivity index (χ0n) is 21.3. The van der Waals surface area contributed by atoms with E-state index in [1.54, 1.807) is 0 Å². The van der Waals surface area contributed by atoms with Crippen molar-refractivity contribution in [1.82, 2.24) is 0 Å². The summed E-state index contributed by atoms with van der Waals surface area (Å²) < 4.78 is 2.14. The second kappa shape index (κ2) is 11.7. The summed E-state index contributed by atoms with van der Waals surface area (Å²) in [5, 5.41) is 1.37. The Bertz CT molecular complexity index is 1500. The minimum absolute atomic E-state index is 0.0845. The zero-order valence-corrected chi connectivity index (χ0v) is 25.4. The van der Waals surface area contributed by atoms with Crippen LogP contribution in [0.3, 0.4) is 0 Å². The summed E-state index contributed by atoms with van der Waals surface area (Å²) in [6, 6.07) is 45.1. The molecule has 2 unspecified atom stereocenters. The summed E-state index contributed by atoms with van der Waals surface area (Å²) in [7, 11) is -0.875. The fourth-order valence-electron chi connectivity index (χ4n) is 5.77. The number of halogens is 2. The topological polar surface area (TPSA) is 17.1 Å². The molecule has 0 radical (unpaired) electrons. The molecule has 0 saturated carbocycles. The average Bonchev–Trinajstić information content (AvgIpc) is 2.98. The maximum absolute atomic E-state index is 13.5. The van der Waals surface area contributed by atoms with Gasteiger partial charge >= 0.3 is 0 Å². The van der Waals surface area contributed by atoms with E-state index in [2.05, 4.69) is 159 Å². The average molecular weight is 654 g/mol. The predicted octanol–water partition coefficient (Wildman–Crippen LogP) is 10.5. The second-order valence-electron chi connectivity index (χ2n) is 9.86. The van der Waals surface area contributed by atoms with Gasteiger partial charge in [0.05, 0.1) is 0 Å². The molecule has 1 fully saturated rings. The molecule has 0 bridgehead atoms. The Morgan fingerprint density at radius 1 is 0.513 bits per heavy atom. The van der Waals surface area contributed by atoms with Crippen molar-refractivity contribution in [3.05, 3.63) is 147 Å². The van der Waals surface area contributed by atoms with Crippen LogP contribution in [0, 0.1) is 0 Å². The van der Waals surface area contributed by atoms with Gasteiger partial charge in [0.15, 0.2) is 0 Å². The molecule has 0 N–H and O–H groups in total. The lowest BCUT2D eigenvalue weighted by molar-refractivity contribution is -0.119. The number of ketones is 1. The van der Waals surface area contributed by atoms with Crippen molar-refractivity contribution in [3.8, 4) is 22.3 Å². The molecule has 6 rings (SSSR count). The van der Waals surface area contributed by atoms with E-state index < -0.39 is 7.92 Å². The smallest absolute Gasteiger partial charge is 0.134 e. The molecule has 1 nitrogen and oxygen atoms in total. The lowest BCUT2D eigenvalue weighted by atomic mass is 9.98.